The van der Waals surface area contributed by atoms with E-state index < -0.39 is 11.6 Å². The van der Waals surface area contributed by atoms with E-state index in [0.29, 0.717) is 32.7 Å². The van der Waals surface area contributed by atoms with E-state index in [1.54, 1.807) is 6.92 Å². The third kappa shape index (κ3) is 8.51. The molecule has 1 unspecified atom stereocenters. The Balaban J connectivity index is 2.47. The number of methoxy groups -OCH3 is 1. The normalized spacial score (nSPS) is 13.2. The van der Waals surface area contributed by atoms with Gasteiger partial charge < -0.3 is 19.3 Å². The summed E-state index contributed by atoms with van der Waals surface area (Å²) >= 11 is 0. The van der Waals surface area contributed by atoms with Crippen LogP contribution in [0.4, 0.5) is 0 Å². The summed E-state index contributed by atoms with van der Waals surface area (Å²) < 4.78 is 15.8. The van der Waals surface area contributed by atoms with Gasteiger partial charge in [-0.3, -0.25) is 9.69 Å². The molecular formula is C20H31NO6. The van der Waals surface area contributed by atoms with Crippen LogP contribution in [-0.2, 0) is 30.4 Å². The molecule has 0 aliphatic carbocycles. The highest BCUT2D eigenvalue weighted by atomic mass is 16.6. The van der Waals surface area contributed by atoms with Crippen LogP contribution in [0.5, 0.6) is 0 Å². The number of carbonyl (C=O) groups is 2. The Morgan fingerprint density at radius 3 is 2.44 bits per heavy atom. The van der Waals surface area contributed by atoms with E-state index in [1.165, 1.54) is 7.11 Å². The molecule has 0 heterocycles. The molecule has 0 spiro atoms. The van der Waals surface area contributed by atoms with Crippen molar-refractivity contribution in [3.05, 3.63) is 35.9 Å². The molecule has 0 aromatic heterocycles. The molecule has 0 saturated carbocycles. The van der Waals surface area contributed by atoms with E-state index in [0.717, 1.165) is 5.56 Å². The molecule has 0 saturated heterocycles. The van der Waals surface area contributed by atoms with Gasteiger partial charge in [-0.1, -0.05) is 37.3 Å². The van der Waals surface area contributed by atoms with Crippen LogP contribution in [0.25, 0.3) is 0 Å². The van der Waals surface area contributed by atoms with Gasteiger partial charge in [0.05, 0.1) is 26.7 Å². The molecule has 1 rings (SSSR count). The smallest absolute Gasteiger partial charge is 0.338 e. The van der Waals surface area contributed by atoms with Crippen LogP contribution in [-0.4, -0.2) is 67.5 Å². The van der Waals surface area contributed by atoms with Crippen molar-refractivity contribution in [1.29, 1.82) is 0 Å². The van der Waals surface area contributed by atoms with E-state index in [9.17, 15) is 9.59 Å². The fourth-order valence-corrected chi connectivity index (χ4v) is 2.37. The van der Waals surface area contributed by atoms with Crippen LogP contribution >= 0.6 is 0 Å². The number of benzene rings is 1. The lowest BCUT2D eigenvalue weighted by Crippen LogP contribution is -2.41. The zero-order valence-electron chi connectivity index (χ0n) is 16.5. The summed E-state index contributed by atoms with van der Waals surface area (Å²) in [6.07, 6.45) is 0.707. The molecule has 1 atom stereocenters. The number of esters is 2. The van der Waals surface area contributed by atoms with Crippen LogP contribution < -0.4 is 0 Å². The minimum Gasteiger partial charge on any atom is -0.469 e. The van der Waals surface area contributed by atoms with Gasteiger partial charge in [0.2, 0.25) is 0 Å². The van der Waals surface area contributed by atoms with Gasteiger partial charge in [0.1, 0.15) is 6.61 Å². The molecule has 1 N–H and O–H groups in total. The average molecular weight is 381 g/mol. The largest absolute Gasteiger partial charge is 0.469 e. The van der Waals surface area contributed by atoms with E-state index in [4.69, 9.17) is 14.6 Å². The lowest BCUT2D eigenvalue weighted by atomic mass is 10.0. The van der Waals surface area contributed by atoms with Crippen LogP contribution in [0.3, 0.4) is 0 Å². The maximum atomic E-state index is 12.5. The number of rotatable bonds is 13. The summed E-state index contributed by atoms with van der Waals surface area (Å²) in [4.78, 5) is 25.6. The highest BCUT2D eigenvalue weighted by Crippen LogP contribution is 2.19. The Hall–Kier alpha value is -1.96. The molecular weight excluding hydrogens is 350 g/mol. The molecule has 0 amide bonds. The molecule has 152 valence electrons. The average Bonchev–Trinajstić information content (AvgIpc) is 2.70. The summed E-state index contributed by atoms with van der Waals surface area (Å²) in [6, 6.07) is 9.65. The number of nitrogens with zero attached hydrogens (tertiary/aromatic N) is 1. The topological polar surface area (TPSA) is 85.3 Å². The van der Waals surface area contributed by atoms with E-state index in [-0.39, 0.29) is 25.6 Å². The van der Waals surface area contributed by atoms with Gasteiger partial charge in [-0.25, -0.2) is 4.79 Å². The van der Waals surface area contributed by atoms with Crippen molar-refractivity contribution in [3.8, 4) is 0 Å². The highest BCUT2D eigenvalue weighted by Gasteiger charge is 2.34. The van der Waals surface area contributed by atoms with Crippen molar-refractivity contribution >= 4 is 11.9 Å². The first kappa shape index (κ1) is 23.1. The summed E-state index contributed by atoms with van der Waals surface area (Å²) in [7, 11) is 1.33. The number of aliphatic hydroxyl groups is 1. The first-order valence-electron chi connectivity index (χ1n) is 9.20. The summed E-state index contributed by atoms with van der Waals surface area (Å²) in [5.74, 6) is -0.736. The third-order valence-electron chi connectivity index (χ3n) is 4.42. The molecule has 1 aromatic carbocycles. The number of ether oxygens (including phenoxy) is 3. The van der Waals surface area contributed by atoms with Gasteiger partial charge in [0.15, 0.2) is 5.60 Å². The second kappa shape index (κ2) is 12.4. The first-order valence-corrected chi connectivity index (χ1v) is 9.20. The van der Waals surface area contributed by atoms with Crippen LogP contribution in [0.2, 0.25) is 0 Å². The quantitative estimate of drug-likeness (QED) is 0.521. The standard InChI is InChI=1S/C20H31NO6/c1-4-20(2,27-16-17-8-6-5-7-9-17)19(24)26-15-13-21(12-14-22)11-10-18(23)25-3/h5-9,22H,4,10-16H2,1-3H3. The number of hydrogen-bond donors (Lipinski definition) is 1. The summed E-state index contributed by atoms with van der Waals surface area (Å²) in [6.45, 7) is 5.29. The lowest BCUT2D eigenvalue weighted by Gasteiger charge is -2.27. The Kier molecular flexibility index (Phi) is 10.6. The number of aliphatic hydroxyl groups excluding tert-OH is 1. The Bertz CT molecular complexity index is 565. The van der Waals surface area contributed by atoms with Gasteiger partial charge in [-0.15, -0.1) is 0 Å². The predicted molar refractivity (Wildman–Crippen MR) is 101 cm³/mol. The van der Waals surface area contributed by atoms with E-state index >= 15 is 0 Å². The van der Waals surface area contributed by atoms with Gasteiger partial charge in [-0.2, -0.15) is 0 Å². The number of carbonyl (C=O) groups excluding carboxylic acids is 2. The van der Waals surface area contributed by atoms with Crippen molar-refractivity contribution in [2.45, 2.75) is 38.9 Å². The summed E-state index contributed by atoms with van der Waals surface area (Å²) in [5, 5.41) is 9.13. The minimum absolute atomic E-state index is 0.0397. The predicted octanol–water partition coefficient (Wildman–Crippen LogP) is 1.77. The maximum Gasteiger partial charge on any atom is 0.338 e. The van der Waals surface area contributed by atoms with Gasteiger partial charge in [-0.05, 0) is 18.9 Å². The van der Waals surface area contributed by atoms with Crippen LogP contribution in [0.1, 0.15) is 32.3 Å². The lowest BCUT2D eigenvalue weighted by molar-refractivity contribution is -0.173. The van der Waals surface area contributed by atoms with Gasteiger partial charge in [0, 0.05) is 19.6 Å². The fraction of sp³-hybridized carbons (Fsp3) is 0.600. The van der Waals surface area contributed by atoms with Gasteiger partial charge in [0.25, 0.3) is 0 Å². The zero-order chi connectivity index (χ0) is 20.1. The van der Waals surface area contributed by atoms with Crippen molar-refractivity contribution in [1.82, 2.24) is 4.90 Å². The SMILES string of the molecule is CCC(C)(OCc1ccccc1)C(=O)OCCN(CCO)CCC(=O)OC. The monoisotopic (exact) mass is 381 g/mol. The van der Waals surface area contributed by atoms with Crippen molar-refractivity contribution in [2.24, 2.45) is 0 Å². The van der Waals surface area contributed by atoms with Gasteiger partial charge >= 0.3 is 11.9 Å². The maximum absolute atomic E-state index is 12.5. The summed E-state index contributed by atoms with van der Waals surface area (Å²) in [5.41, 5.74) is -0.0363. The molecule has 0 radical (unpaired) electrons. The second-order valence-corrected chi connectivity index (χ2v) is 6.39. The van der Waals surface area contributed by atoms with Crippen LogP contribution in [0, 0.1) is 0 Å². The molecule has 7 nitrogen and oxygen atoms in total. The Morgan fingerprint density at radius 2 is 1.85 bits per heavy atom. The highest BCUT2D eigenvalue weighted by molar-refractivity contribution is 5.79. The van der Waals surface area contributed by atoms with E-state index in [1.807, 2.05) is 42.2 Å². The zero-order valence-corrected chi connectivity index (χ0v) is 16.5. The molecule has 0 bridgehead atoms. The first-order chi connectivity index (χ1) is 12.9. The van der Waals surface area contributed by atoms with E-state index in [2.05, 4.69) is 4.74 Å². The third-order valence-corrected chi connectivity index (χ3v) is 4.42. The molecule has 27 heavy (non-hydrogen) atoms. The van der Waals surface area contributed by atoms with Crippen molar-refractivity contribution < 1.29 is 28.9 Å². The molecule has 0 aliphatic rings. The number of hydrogen-bond acceptors (Lipinski definition) is 7. The van der Waals surface area contributed by atoms with Crippen molar-refractivity contribution in [3.63, 3.8) is 0 Å². The molecule has 0 aliphatic heterocycles. The molecule has 0 fully saturated rings. The fourth-order valence-electron chi connectivity index (χ4n) is 2.37. The molecule has 1 aromatic rings. The minimum atomic E-state index is -1.02. The van der Waals surface area contributed by atoms with Crippen LogP contribution in [0.15, 0.2) is 30.3 Å². The van der Waals surface area contributed by atoms with Crippen molar-refractivity contribution in [2.75, 3.05) is 40.0 Å². The Morgan fingerprint density at radius 1 is 1.15 bits per heavy atom. The second-order valence-electron chi connectivity index (χ2n) is 6.39. The molecule has 7 heteroatoms. The Labute approximate surface area is 161 Å².